The van der Waals surface area contributed by atoms with E-state index in [9.17, 15) is 4.79 Å². The summed E-state index contributed by atoms with van der Waals surface area (Å²) in [5.74, 6) is -0.0796. The standard InChI is InChI=1S/C17H19ClN2O2S/c18-16-7-6-15(23-16)17(21)19-14(13-4-2-1-3-5-13)12-20-8-10-22-11-9-20/h1-7,14H,8-12H2,(H,19,21)/t14-/m0/s1. The molecule has 1 aliphatic rings. The summed E-state index contributed by atoms with van der Waals surface area (Å²) in [6, 6.07) is 13.5. The molecule has 2 heterocycles. The van der Waals surface area contributed by atoms with Gasteiger partial charge in [0, 0.05) is 19.6 Å². The number of nitrogens with one attached hydrogen (secondary N) is 1. The van der Waals surface area contributed by atoms with Gasteiger partial charge in [0.15, 0.2) is 0 Å². The number of amides is 1. The Morgan fingerprint density at radius 1 is 1.22 bits per heavy atom. The lowest BCUT2D eigenvalue weighted by atomic mass is 10.1. The zero-order chi connectivity index (χ0) is 16.1. The number of nitrogens with zero attached hydrogens (tertiary/aromatic N) is 1. The molecule has 0 saturated carbocycles. The highest BCUT2D eigenvalue weighted by molar-refractivity contribution is 7.17. The van der Waals surface area contributed by atoms with Crippen molar-refractivity contribution >= 4 is 28.8 Å². The summed E-state index contributed by atoms with van der Waals surface area (Å²) in [5.41, 5.74) is 1.11. The molecule has 0 radical (unpaired) electrons. The molecule has 0 aliphatic carbocycles. The Labute approximate surface area is 145 Å². The van der Waals surface area contributed by atoms with E-state index in [4.69, 9.17) is 16.3 Å². The minimum absolute atomic E-state index is 0.0531. The van der Waals surface area contributed by atoms with Crippen molar-refractivity contribution in [1.82, 2.24) is 10.2 Å². The van der Waals surface area contributed by atoms with Crippen LogP contribution in [0.4, 0.5) is 0 Å². The van der Waals surface area contributed by atoms with Gasteiger partial charge < -0.3 is 10.1 Å². The van der Waals surface area contributed by atoms with E-state index in [1.54, 1.807) is 12.1 Å². The van der Waals surface area contributed by atoms with Crippen molar-refractivity contribution in [2.75, 3.05) is 32.8 Å². The number of thiophene rings is 1. The van der Waals surface area contributed by atoms with Crippen LogP contribution in [-0.4, -0.2) is 43.7 Å². The summed E-state index contributed by atoms with van der Waals surface area (Å²) in [6.45, 7) is 4.05. The third-order valence-electron chi connectivity index (χ3n) is 3.85. The van der Waals surface area contributed by atoms with Crippen LogP contribution in [0.1, 0.15) is 21.3 Å². The Hall–Kier alpha value is -1.40. The Morgan fingerprint density at radius 3 is 2.61 bits per heavy atom. The second kappa shape index (κ2) is 7.93. The van der Waals surface area contributed by atoms with Crippen molar-refractivity contribution in [1.29, 1.82) is 0 Å². The lowest BCUT2D eigenvalue weighted by molar-refractivity contribution is 0.0332. The molecule has 3 rings (SSSR count). The van der Waals surface area contributed by atoms with Gasteiger partial charge in [0.2, 0.25) is 0 Å². The predicted octanol–water partition coefficient (Wildman–Crippen LogP) is 3.20. The van der Waals surface area contributed by atoms with Gasteiger partial charge in [0.1, 0.15) is 0 Å². The highest BCUT2D eigenvalue weighted by Crippen LogP contribution is 2.23. The van der Waals surface area contributed by atoms with Crippen molar-refractivity contribution in [3.8, 4) is 0 Å². The molecule has 4 nitrogen and oxygen atoms in total. The quantitative estimate of drug-likeness (QED) is 0.900. The van der Waals surface area contributed by atoms with Crippen LogP contribution in [-0.2, 0) is 4.74 Å². The summed E-state index contributed by atoms with van der Waals surface area (Å²) in [5, 5.41) is 3.14. The lowest BCUT2D eigenvalue weighted by Crippen LogP contribution is -2.43. The minimum Gasteiger partial charge on any atom is -0.379 e. The number of benzene rings is 1. The number of hydrogen-bond acceptors (Lipinski definition) is 4. The van der Waals surface area contributed by atoms with Gasteiger partial charge in [-0.3, -0.25) is 9.69 Å². The third-order valence-corrected chi connectivity index (χ3v) is 5.08. The molecule has 1 atom stereocenters. The van der Waals surface area contributed by atoms with E-state index < -0.39 is 0 Å². The van der Waals surface area contributed by atoms with Gasteiger partial charge in [-0.15, -0.1) is 11.3 Å². The molecule has 6 heteroatoms. The third kappa shape index (κ3) is 4.54. The van der Waals surface area contributed by atoms with Gasteiger partial charge in [0.05, 0.1) is 28.5 Å². The fourth-order valence-corrected chi connectivity index (χ4v) is 3.57. The second-order valence-electron chi connectivity index (χ2n) is 5.45. The van der Waals surface area contributed by atoms with E-state index >= 15 is 0 Å². The predicted molar refractivity (Wildman–Crippen MR) is 93.2 cm³/mol. The number of ether oxygens (including phenoxy) is 1. The number of carbonyl (C=O) groups is 1. The topological polar surface area (TPSA) is 41.6 Å². The molecule has 1 aromatic heterocycles. The van der Waals surface area contributed by atoms with Crippen molar-refractivity contribution in [2.45, 2.75) is 6.04 Å². The number of halogens is 1. The van der Waals surface area contributed by atoms with Crippen molar-refractivity contribution in [3.05, 3.63) is 57.2 Å². The number of morpholine rings is 1. The molecule has 1 N–H and O–H groups in total. The van der Waals surface area contributed by atoms with E-state index in [0.717, 1.165) is 38.4 Å². The van der Waals surface area contributed by atoms with Crippen molar-refractivity contribution in [3.63, 3.8) is 0 Å². The van der Waals surface area contributed by atoms with Crippen LogP contribution in [0.5, 0.6) is 0 Å². The van der Waals surface area contributed by atoms with Gasteiger partial charge in [-0.05, 0) is 17.7 Å². The molecular formula is C17H19ClN2O2S. The maximum absolute atomic E-state index is 12.5. The number of carbonyl (C=O) groups excluding carboxylic acids is 1. The average molecular weight is 351 g/mol. The van der Waals surface area contributed by atoms with Crippen LogP contribution in [0.2, 0.25) is 4.34 Å². The highest BCUT2D eigenvalue weighted by Gasteiger charge is 2.21. The minimum atomic E-state index is -0.0796. The van der Waals surface area contributed by atoms with E-state index in [1.807, 2.05) is 30.3 Å². The normalized spacial score (nSPS) is 16.9. The van der Waals surface area contributed by atoms with E-state index in [2.05, 4.69) is 10.2 Å². The van der Waals surface area contributed by atoms with E-state index in [0.29, 0.717) is 9.21 Å². The van der Waals surface area contributed by atoms with Crippen molar-refractivity contribution < 1.29 is 9.53 Å². The van der Waals surface area contributed by atoms with Crippen LogP contribution in [0.3, 0.4) is 0 Å². The Bertz CT molecular complexity index is 641. The summed E-state index contributed by atoms with van der Waals surface area (Å²) in [7, 11) is 0. The van der Waals surface area contributed by atoms with E-state index in [1.165, 1.54) is 11.3 Å². The van der Waals surface area contributed by atoms with Gasteiger partial charge >= 0.3 is 0 Å². The van der Waals surface area contributed by atoms with Crippen LogP contribution in [0.25, 0.3) is 0 Å². The first-order valence-electron chi connectivity index (χ1n) is 7.63. The summed E-state index contributed by atoms with van der Waals surface area (Å²) in [6.07, 6.45) is 0. The molecule has 0 bridgehead atoms. The van der Waals surface area contributed by atoms with Crippen LogP contribution < -0.4 is 5.32 Å². The SMILES string of the molecule is O=C(N[C@@H](CN1CCOCC1)c1ccccc1)c1ccc(Cl)s1. The second-order valence-corrected chi connectivity index (χ2v) is 7.17. The van der Waals surface area contributed by atoms with Gasteiger partial charge in [-0.2, -0.15) is 0 Å². The first kappa shape index (κ1) is 16.5. The maximum atomic E-state index is 12.5. The molecule has 2 aromatic rings. The summed E-state index contributed by atoms with van der Waals surface area (Å²) in [4.78, 5) is 15.4. The molecule has 122 valence electrons. The molecule has 0 unspecified atom stereocenters. The number of rotatable bonds is 5. The molecular weight excluding hydrogens is 332 g/mol. The molecule has 0 spiro atoms. The fourth-order valence-electron chi connectivity index (χ4n) is 2.63. The van der Waals surface area contributed by atoms with Gasteiger partial charge in [-0.25, -0.2) is 0 Å². The zero-order valence-electron chi connectivity index (χ0n) is 12.7. The zero-order valence-corrected chi connectivity index (χ0v) is 14.3. The van der Waals surface area contributed by atoms with Crippen LogP contribution in [0.15, 0.2) is 42.5 Å². The first-order valence-corrected chi connectivity index (χ1v) is 8.83. The van der Waals surface area contributed by atoms with Gasteiger partial charge in [0.25, 0.3) is 5.91 Å². The van der Waals surface area contributed by atoms with Gasteiger partial charge in [-0.1, -0.05) is 41.9 Å². The highest BCUT2D eigenvalue weighted by atomic mass is 35.5. The average Bonchev–Trinajstić information content (AvgIpc) is 3.03. The smallest absolute Gasteiger partial charge is 0.261 e. The molecule has 1 saturated heterocycles. The molecule has 23 heavy (non-hydrogen) atoms. The molecule has 1 amide bonds. The Balaban J connectivity index is 1.73. The first-order chi connectivity index (χ1) is 11.2. The van der Waals surface area contributed by atoms with Crippen LogP contribution in [0, 0.1) is 0 Å². The largest absolute Gasteiger partial charge is 0.379 e. The summed E-state index contributed by atoms with van der Waals surface area (Å²) >= 11 is 7.23. The summed E-state index contributed by atoms with van der Waals surface area (Å²) < 4.78 is 6.02. The Morgan fingerprint density at radius 2 is 1.96 bits per heavy atom. The molecule has 1 aromatic carbocycles. The Kier molecular flexibility index (Phi) is 5.67. The van der Waals surface area contributed by atoms with E-state index in [-0.39, 0.29) is 11.9 Å². The maximum Gasteiger partial charge on any atom is 0.261 e. The fraction of sp³-hybridized carbons (Fsp3) is 0.353. The molecule has 1 fully saturated rings. The number of hydrogen-bond donors (Lipinski definition) is 1. The lowest BCUT2D eigenvalue weighted by Gasteiger charge is -2.31. The monoisotopic (exact) mass is 350 g/mol. The van der Waals surface area contributed by atoms with Crippen LogP contribution >= 0.6 is 22.9 Å². The molecule has 1 aliphatic heterocycles. The van der Waals surface area contributed by atoms with Crippen molar-refractivity contribution in [2.24, 2.45) is 0 Å².